The van der Waals surface area contributed by atoms with Gasteiger partial charge >= 0.3 is 0 Å². The third-order valence-electron chi connectivity index (χ3n) is 2.66. The van der Waals surface area contributed by atoms with Gasteiger partial charge in [0.15, 0.2) is 11.5 Å². The summed E-state index contributed by atoms with van der Waals surface area (Å²) in [5, 5.41) is 13.7. The zero-order chi connectivity index (χ0) is 16.1. The van der Waals surface area contributed by atoms with Gasteiger partial charge in [0.1, 0.15) is 5.69 Å². The Labute approximate surface area is 143 Å². The number of carbonyl (C=O) groups is 1. The number of carbonyl (C=O) groups excluding carboxylic acids is 1. The lowest BCUT2D eigenvalue weighted by molar-refractivity contribution is 0.0950. The van der Waals surface area contributed by atoms with Gasteiger partial charge in [-0.1, -0.05) is 6.07 Å². The second-order valence-corrected chi connectivity index (χ2v) is 5.64. The zero-order valence-electron chi connectivity index (χ0n) is 11.4. The van der Waals surface area contributed by atoms with Crippen LogP contribution in [0.5, 0.6) is 11.5 Å². The number of nitrogens with one attached hydrogen (secondary N) is 1. The number of hydrogen-bond donors (Lipinski definition) is 2. The van der Waals surface area contributed by atoms with Crippen molar-refractivity contribution in [1.29, 1.82) is 0 Å². The molecule has 1 aromatic carbocycles. The number of methoxy groups -OCH3 is 1. The fourth-order valence-corrected chi connectivity index (χ4v) is 2.41. The summed E-state index contributed by atoms with van der Waals surface area (Å²) in [6.07, 6.45) is 2.95. The van der Waals surface area contributed by atoms with Crippen LogP contribution in [0.25, 0.3) is 0 Å². The molecule has 8 heteroatoms. The number of ether oxygens (including phenoxy) is 1. The predicted octanol–water partition coefficient (Wildman–Crippen LogP) is 3.08. The lowest BCUT2D eigenvalue weighted by atomic mass is 10.2. The van der Waals surface area contributed by atoms with Crippen molar-refractivity contribution in [2.24, 2.45) is 5.10 Å². The number of rotatable bonds is 4. The number of pyridine rings is 1. The molecular formula is C14H11Br2N3O3. The molecule has 1 amide bonds. The molecule has 0 saturated carbocycles. The van der Waals surface area contributed by atoms with Crippen molar-refractivity contribution in [2.45, 2.75) is 0 Å². The SMILES string of the molecule is COc1cc(/C=N/NC(=O)c2ccccn2)c(Br)c(Br)c1O. The third-order valence-corrected chi connectivity index (χ3v) is 4.82. The minimum atomic E-state index is -0.419. The van der Waals surface area contributed by atoms with E-state index in [4.69, 9.17) is 4.74 Å². The molecule has 0 spiro atoms. The van der Waals surface area contributed by atoms with Gasteiger partial charge in [0.25, 0.3) is 5.91 Å². The van der Waals surface area contributed by atoms with Crippen molar-refractivity contribution in [2.75, 3.05) is 7.11 Å². The van der Waals surface area contributed by atoms with Gasteiger partial charge in [0.05, 0.1) is 17.8 Å². The first-order valence-corrected chi connectivity index (χ1v) is 7.62. The summed E-state index contributed by atoms with van der Waals surface area (Å²) >= 11 is 6.57. The molecule has 0 aliphatic carbocycles. The lowest BCUT2D eigenvalue weighted by Crippen LogP contribution is -2.18. The zero-order valence-corrected chi connectivity index (χ0v) is 14.6. The van der Waals surface area contributed by atoms with Crippen molar-refractivity contribution in [1.82, 2.24) is 10.4 Å². The molecule has 22 heavy (non-hydrogen) atoms. The van der Waals surface area contributed by atoms with Gasteiger partial charge in [-0.25, -0.2) is 5.43 Å². The standard InChI is InChI=1S/C14H11Br2N3O3/c1-22-10-6-8(11(15)12(16)13(10)20)7-18-19-14(21)9-4-2-3-5-17-9/h2-7,20H,1H3,(H,19,21)/b18-7+. The van der Waals surface area contributed by atoms with Gasteiger partial charge in [-0.3, -0.25) is 9.78 Å². The van der Waals surface area contributed by atoms with Crippen molar-refractivity contribution in [3.63, 3.8) is 0 Å². The number of nitrogens with zero attached hydrogens (tertiary/aromatic N) is 2. The highest BCUT2D eigenvalue weighted by molar-refractivity contribution is 9.13. The molecule has 2 rings (SSSR count). The molecule has 0 bridgehead atoms. The Morgan fingerprint density at radius 1 is 1.41 bits per heavy atom. The van der Waals surface area contributed by atoms with E-state index < -0.39 is 5.91 Å². The van der Waals surface area contributed by atoms with Crippen LogP contribution < -0.4 is 10.2 Å². The molecule has 0 unspecified atom stereocenters. The fraction of sp³-hybridized carbons (Fsp3) is 0.0714. The highest BCUT2D eigenvalue weighted by Gasteiger charge is 2.13. The molecule has 0 radical (unpaired) electrons. The fourth-order valence-electron chi connectivity index (χ4n) is 1.58. The van der Waals surface area contributed by atoms with E-state index in [-0.39, 0.29) is 17.2 Å². The molecule has 0 aliphatic rings. The molecule has 0 fully saturated rings. The van der Waals surface area contributed by atoms with Crippen molar-refractivity contribution in [3.8, 4) is 11.5 Å². The van der Waals surface area contributed by atoms with Gasteiger partial charge in [0.2, 0.25) is 0 Å². The second-order valence-electron chi connectivity index (χ2n) is 4.06. The maximum atomic E-state index is 11.8. The van der Waals surface area contributed by atoms with Crippen LogP contribution in [0.1, 0.15) is 16.1 Å². The van der Waals surface area contributed by atoms with E-state index in [1.54, 1.807) is 24.3 Å². The molecule has 6 nitrogen and oxygen atoms in total. The monoisotopic (exact) mass is 427 g/mol. The van der Waals surface area contributed by atoms with Gasteiger partial charge < -0.3 is 9.84 Å². The number of amides is 1. The molecule has 2 aromatic rings. The van der Waals surface area contributed by atoms with Crippen LogP contribution in [0, 0.1) is 0 Å². The quantitative estimate of drug-likeness (QED) is 0.578. The summed E-state index contributed by atoms with van der Waals surface area (Å²) in [4.78, 5) is 15.7. The Kier molecular flexibility index (Phi) is 5.51. The van der Waals surface area contributed by atoms with Crippen molar-refractivity contribution < 1.29 is 14.6 Å². The largest absolute Gasteiger partial charge is 0.503 e. The number of phenols is 1. The molecule has 0 saturated heterocycles. The van der Waals surface area contributed by atoms with Crippen molar-refractivity contribution in [3.05, 3.63) is 50.7 Å². The van der Waals surface area contributed by atoms with Gasteiger partial charge in [0, 0.05) is 16.2 Å². The minimum absolute atomic E-state index is 0.0240. The first-order chi connectivity index (χ1) is 10.5. The maximum absolute atomic E-state index is 11.8. The summed E-state index contributed by atoms with van der Waals surface area (Å²) in [7, 11) is 1.44. The minimum Gasteiger partial charge on any atom is -0.503 e. The number of aromatic nitrogens is 1. The lowest BCUT2D eigenvalue weighted by Gasteiger charge is -2.09. The van der Waals surface area contributed by atoms with E-state index in [0.717, 1.165) is 0 Å². The summed E-state index contributed by atoms with van der Waals surface area (Å²) < 4.78 is 6.08. The average molecular weight is 429 g/mol. The van der Waals surface area contributed by atoms with Gasteiger partial charge in [-0.15, -0.1) is 0 Å². The Balaban J connectivity index is 2.17. The number of aromatic hydroxyl groups is 1. The highest BCUT2D eigenvalue weighted by atomic mass is 79.9. The smallest absolute Gasteiger partial charge is 0.289 e. The number of benzene rings is 1. The third kappa shape index (κ3) is 3.63. The van der Waals surface area contributed by atoms with E-state index in [1.165, 1.54) is 19.5 Å². The summed E-state index contributed by atoms with van der Waals surface area (Å²) in [6.45, 7) is 0. The first-order valence-electron chi connectivity index (χ1n) is 6.04. The molecule has 0 atom stereocenters. The molecule has 2 N–H and O–H groups in total. The summed E-state index contributed by atoms with van der Waals surface area (Å²) in [5.74, 6) is -0.158. The van der Waals surface area contributed by atoms with Crippen LogP contribution >= 0.6 is 31.9 Å². The second kappa shape index (κ2) is 7.37. The normalized spacial score (nSPS) is 10.7. The predicted molar refractivity (Wildman–Crippen MR) is 89.4 cm³/mol. The van der Waals surface area contributed by atoms with Crippen LogP contribution in [-0.2, 0) is 0 Å². The first kappa shape index (κ1) is 16.4. The van der Waals surface area contributed by atoms with Crippen LogP contribution in [0.2, 0.25) is 0 Å². The van der Waals surface area contributed by atoms with E-state index in [1.807, 2.05) is 0 Å². The van der Waals surface area contributed by atoms with Crippen LogP contribution in [0.4, 0.5) is 0 Å². The van der Waals surface area contributed by atoms with E-state index in [2.05, 4.69) is 47.4 Å². The topological polar surface area (TPSA) is 83.8 Å². The summed E-state index contributed by atoms with van der Waals surface area (Å²) in [5.41, 5.74) is 3.26. The van der Waals surface area contributed by atoms with Gasteiger partial charge in [-0.05, 0) is 50.1 Å². The van der Waals surface area contributed by atoms with Crippen LogP contribution in [0.15, 0.2) is 44.5 Å². The van der Waals surface area contributed by atoms with Crippen LogP contribution in [-0.4, -0.2) is 29.3 Å². The molecular weight excluding hydrogens is 418 g/mol. The van der Waals surface area contributed by atoms with E-state index in [0.29, 0.717) is 14.5 Å². The molecule has 0 aliphatic heterocycles. The number of phenolic OH excluding ortho intramolecular Hbond substituents is 1. The Morgan fingerprint density at radius 3 is 2.82 bits per heavy atom. The summed E-state index contributed by atoms with van der Waals surface area (Å²) in [6, 6.07) is 6.60. The Bertz CT molecular complexity index is 721. The average Bonchev–Trinajstić information content (AvgIpc) is 2.55. The Morgan fingerprint density at radius 2 is 2.18 bits per heavy atom. The highest BCUT2D eigenvalue weighted by Crippen LogP contribution is 2.41. The van der Waals surface area contributed by atoms with Crippen LogP contribution in [0.3, 0.4) is 0 Å². The number of hydrazone groups is 1. The van der Waals surface area contributed by atoms with Crippen molar-refractivity contribution >= 4 is 44.0 Å². The maximum Gasteiger partial charge on any atom is 0.289 e. The van der Waals surface area contributed by atoms with Gasteiger partial charge in [-0.2, -0.15) is 5.10 Å². The number of halogens is 2. The van der Waals surface area contributed by atoms with E-state index in [9.17, 15) is 9.90 Å². The molecule has 114 valence electrons. The van der Waals surface area contributed by atoms with E-state index >= 15 is 0 Å². The molecule has 1 heterocycles. The number of hydrogen-bond acceptors (Lipinski definition) is 5. The Hall–Kier alpha value is -1.93. The molecule has 1 aromatic heterocycles.